The standard InChI is InChI=1S/C30H43N5O7Si2/c1-16(2)43(17(3)4)39-13-22-25(41-44(42-43,18(5)6)19(7)8)24(36)30(40-22)34-15-33-23-26(34)31-14-32-27(23)35-28(37)20-11-9-10-12-21(20)29(35)38/h9-12,14-19,22-26,30,36H,13H2,1-8H3/t22-,23-,24-,25-,26-,30-/m1/s1. The highest BCUT2D eigenvalue weighted by atomic mass is 28.5. The molecule has 1 aromatic carbocycles. The first kappa shape index (κ1) is 31.4. The number of hydrogen-bond donors (Lipinski definition) is 1. The second-order valence-corrected chi connectivity index (χ2v) is 22.3. The summed E-state index contributed by atoms with van der Waals surface area (Å²) >= 11 is 0. The number of carbonyl (C=O) groups is 2. The molecule has 0 bridgehead atoms. The van der Waals surface area contributed by atoms with E-state index in [4.69, 9.17) is 17.7 Å². The summed E-state index contributed by atoms with van der Waals surface area (Å²) in [4.78, 5) is 42.8. The summed E-state index contributed by atoms with van der Waals surface area (Å²) in [6, 6.07) is 5.96. The molecule has 238 valence electrons. The monoisotopic (exact) mass is 641 g/mol. The number of amidine groups is 1. The third kappa shape index (κ3) is 4.60. The van der Waals surface area contributed by atoms with Crippen LogP contribution in [0.4, 0.5) is 0 Å². The summed E-state index contributed by atoms with van der Waals surface area (Å²) in [5, 5.41) is 11.8. The van der Waals surface area contributed by atoms with Crippen molar-refractivity contribution in [3.05, 3.63) is 35.4 Å². The topological polar surface area (TPSA) is 135 Å². The molecule has 0 spiro atoms. The number of rotatable bonds is 5. The van der Waals surface area contributed by atoms with Crippen LogP contribution in [0.5, 0.6) is 0 Å². The molecule has 44 heavy (non-hydrogen) atoms. The van der Waals surface area contributed by atoms with Gasteiger partial charge in [0.05, 0.1) is 24.1 Å². The summed E-state index contributed by atoms with van der Waals surface area (Å²) in [6.45, 7) is 17.4. The van der Waals surface area contributed by atoms with E-state index in [1.807, 2.05) is 0 Å². The zero-order valence-corrected chi connectivity index (χ0v) is 28.6. The Labute approximate surface area is 260 Å². The third-order valence-electron chi connectivity index (χ3n) is 9.58. The highest BCUT2D eigenvalue weighted by molar-refractivity contribution is 6.84. The van der Waals surface area contributed by atoms with Crippen molar-refractivity contribution >= 4 is 47.4 Å². The Morgan fingerprint density at radius 3 is 2.05 bits per heavy atom. The molecule has 5 heterocycles. The fourth-order valence-corrected chi connectivity index (χ4v) is 18.5. The van der Waals surface area contributed by atoms with E-state index in [9.17, 15) is 14.7 Å². The van der Waals surface area contributed by atoms with E-state index in [-0.39, 0.29) is 34.6 Å². The maximum absolute atomic E-state index is 13.3. The first-order valence-corrected chi connectivity index (χ1v) is 19.5. The number of hydrogen-bond acceptors (Lipinski definition) is 11. The summed E-state index contributed by atoms with van der Waals surface area (Å²) in [7, 11) is -5.76. The lowest BCUT2D eigenvalue weighted by Crippen LogP contribution is -2.66. The van der Waals surface area contributed by atoms with Crippen LogP contribution in [0, 0.1) is 0 Å². The number of aliphatic hydroxyl groups excluding tert-OH is 1. The Morgan fingerprint density at radius 2 is 1.48 bits per heavy atom. The van der Waals surface area contributed by atoms with Crippen molar-refractivity contribution in [1.82, 2.24) is 9.80 Å². The van der Waals surface area contributed by atoms with Crippen molar-refractivity contribution < 1.29 is 32.4 Å². The number of ether oxygens (including phenoxy) is 1. The van der Waals surface area contributed by atoms with Crippen LogP contribution >= 0.6 is 0 Å². The van der Waals surface area contributed by atoms with Gasteiger partial charge < -0.3 is 27.7 Å². The van der Waals surface area contributed by atoms with Crippen LogP contribution < -0.4 is 0 Å². The minimum Gasteiger partial charge on any atom is -0.414 e. The molecule has 6 atom stereocenters. The van der Waals surface area contributed by atoms with Crippen LogP contribution in [-0.4, -0.2) is 106 Å². The first-order valence-electron chi connectivity index (χ1n) is 15.6. The zero-order valence-electron chi connectivity index (χ0n) is 26.6. The Balaban J connectivity index is 1.28. The molecule has 5 aliphatic heterocycles. The van der Waals surface area contributed by atoms with Gasteiger partial charge in [0, 0.05) is 0 Å². The maximum Gasteiger partial charge on any atom is 0.335 e. The second kappa shape index (κ2) is 11.3. The molecule has 6 rings (SSSR count). The molecule has 0 aliphatic carbocycles. The van der Waals surface area contributed by atoms with Crippen molar-refractivity contribution in [2.45, 2.75) is 114 Å². The smallest absolute Gasteiger partial charge is 0.335 e. The van der Waals surface area contributed by atoms with Gasteiger partial charge in [-0.25, -0.2) is 14.9 Å². The molecule has 12 nitrogen and oxygen atoms in total. The lowest BCUT2D eigenvalue weighted by molar-refractivity contribution is -0.0797. The Bertz CT molecular complexity index is 1360. The Kier molecular flexibility index (Phi) is 8.08. The van der Waals surface area contributed by atoms with E-state index < -0.39 is 65.7 Å². The highest BCUT2D eigenvalue weighted by Gasteiger charge is 2.62. The molecule has 2 amide bonds. The molecule has 0 aromatic heterocycles. The Morgan fingerprint density at radius 1 is 0.886 bits per heavy atom. The average Bonchev–Trinajstić information content (AvgIpc) is 3.60. The molecule has 2 fully saturated rings. The van der Waals surface area contributed by atoms with Gasteiger partial charge in [-0.15, -0.1) is 0 Å². The van der Waals surface area contributed by atoms with E-state index >= 15 is 0 Å². The van der Waals surface area contributed by atoms with Crippen molar-refractivity contribution in [2.24, 2.45) is 15.0 Å². The highest BCUT2D eigenvalue weighted by Crippen LogP contribution is 2.48. The number of aliphatic imine (C=N–C) groups is 3. The van der Waals surface area contributed by atoms with Crippen LogP contribution in [0.2, 0.25) is 22.2 Å². The minimum atomic E-state index is -2.97. The molecular weight excluding hydrogens is 599 g/mol. The van der Waals surface area contributed by atoms with E-state index in [0.717, 1.165) is 4.90 Å². The molecule has 14 heteroatoms. The molecule has 1 N–H and O–H groups in total. The number of carbonyl (C=O) groups excluding carboxylic acids is 2. The predicted molar refractivity (Wildman–Crippen MR) is 169 cm³/mol. The molecule has 5 aliphatic rings. The number of benzene rings is 1. The Hall–Kier alpha value is -2.60. The number of nitrogens with zero attached hydrogens (tertiary/aromatic N) is 5. The van der Waals surface area contributed by atoms with Crippen LogP contribution in [-0.2, 0) is 17.7 Å². The van der Waals surface area contributed by atoms with E-state index in [1.165, 1.54) is 6.34 Å². The molecule has 0 saturated carbocycles. The molecular formula is C30H43N5O7Si2. The normalized spacial score (nSPS) is 32.4. The van der Waals surface area contributed by atoms with Gasteiger partial charge in [0.2, 0.25) is 0 Å². The minimum absolute atomic E-state index is 0.0968. The lowest BCUT2D eigenvalue weighted by atomic mass is 10.1. The number of aliphatic hydroxyl groups is 1. The summed E-state index contributed by atoms with van der Waals surface area (Å²) in [5.41, 5.74) is 1.20. The van der Waals surface area contributed by atoms with Crippen molar-refractivity contribution in [3.63, 3.8) is 0 Å². The van der Waals surface area contributed by atoms with Crippen LogP contribution in [0.15, 0.2) is 39.2 Å². The molecule has 0 unspecified atom stereocenters. The fraction of sp³-hybridized carbons (Fsp3) is 0.633. The van der Waals surface area contributed by atoms with E-state index in [0.29, 0.717) is 11.1 Å². The van der Waals surface area contributed by atoms with Gasteiger partial charge in [0.15, 0.2) is 18.4 Å². The van der Waals surface area contributed by atoms with Gasteiger partial charge in [0.1, 0.15) is 30.5 Å². The third-order valence-corrected chi connectivity index (χ3v) is 19.8. The number of amides is 2. The SMILES string of the molecule is CC(C)[Si]1(C(C)C)OC[C@H]2O[C@@H](N3C=N[C@H]4C(N5C(=O)c6ccccc6C5=O)=NC=N[C@@H]43)[C@H](O)[C@@H]2O[Si](C(C)C)(C(C)C)O1. The van der Waals surface area contributed by atoms with E-state index in [1.54, 1.807) is 35.5 Å². The number of imide groups is 1. The maximum atomic E-state index is 13.3. The summed E-state index contributed by atoms with van der Waals surface area (Å²) in [6.07, 6.45) is -0.933. The first-order chi connectivity index (χ1) is 20.8. The summed E-state index contributed by atoms with van der Waals surface area (Å²) < 4.78 is 27.7. The van der Waals surface area contributed by atoms with Crippen LogP contribution in [0.25, 0.3) is 0 Å². The van der Waals surface area contributed by atoms with E-state index in [2.05, 4.69) is 70.4 Å². The van der Waals surface area contributed by atoms with Gasteiger partial charge in [-0.2, -0.15) is 0 Å². The second-order valence-electron chi connectivity index (χ2n) is 13.4. The van der Waals surface area contributed by atoms with Crippen LogP contribution in [0.3, 0.4) is 0 Å². The van der Waals surface area contributed by atoms with Gasteiger partial charge in [-0.1, -0.05) is 67.5 Å². The van der Waals surface area contributed by atoms with Crippen molar-refractivity contribution in [3.8, 4) is 0 Å². The van der Waals surface area contributed by atoms with Gasteiger partial charge >= 0.3 is 17.1 Å². The number of fused-ring (bicyclic) bond motifs is 3. The molecule has 1 aromatic rings. The lowest BCUT2D eigenvalue weighted by Gasteiger charge is -2.51. The zero-order chi connectivity index (χ0) is 31.7. The fourth-order valence-electron chi connectivity index (χ4n) is 7.24. The predicted octanol–water partition coefficient (Wildman–Crippen LogP) is 3.80. The quantitative estimate of drug-likeness (QED) is 0.379. The molecule has 2 saturated heterocycles. The van der Waals surface area contributed by atoms with Gasteiger partial charge in [-0.05, 0) is 34.3 Å². The van der Waals surface area contributed by atoms with Crippen LogP contribution in [0.1, 0.15) is 76.1 Å². The van der Waals surface area contributed by atoms with Crippen molar-refractivity contribution in [2.75, 3.05) is 6.61 Å². The van der Waals surface area contributed by atoms with Crippen molar-refractivity contribution in [1.29, 1.82) is 0 Å². The average molecular weight is 642 g/mol. The molecule has 0 radical (unpaired) electrons. The summed E-state index contributed by atoms with van der Waals surface area (Å²) in [5.74, 6) is -0.697. The van der Waals surface area contributed by atoms with Gasteiger partial charge in [0.25, 0.3) is 11.8 Å². The van der Waals surface area contributed by atoms with Gasteiger partial charge in [-0.3, -0.25) is 14.6 Å². The largest absolute Gasteiger partial charge is 0.414 e.